The number of H-pyrrole nitrogens is 1. The number of hydrogen-bond donors (Lipinski definition) is 4. The van der Waals surface area contributed by atoms with E-state index in [4.69, 9.17) is 5.73 Å². The number of nitrogens with two attached hydrogens (primary N) is 1. The lowest BCUT2D eigenvalue weighted by Crippen LogP contribution is -2.21. The Morgan fingerprint density at radius 2 is 1.61 bits per heavy atom. The largest absolute Gasteiger partial charge is 0.418 e. The molecule has 5 N–H and O–H groups in total. The fourth-order valence-corrected chi connectivity index (χ4v) is 2.67. The molecule has 1 aromatic heterocycles. The number of anilines is 2. The lowest BCUT2D eigenvalue weighted by Gasteiger charge is -2.14. The number of para-hydroxylation sites is 1. The molecule has 0 bridgehead atoms. The van der Waals surface area contributed by atoms with Gasteiger partial charge in [-0.2, -0.15) is 13.2 Å². The molecule has 28 heavy (non-hydrogen) atoms. The molecule has 0 saturated carbocycles. The smallest absolute Gasteiger partial charge is 0.364 e. The van der Waals surface area contributed by atoms with Gasteiger partial charge in [0.2, 0.25) is 0 Å². The molecule has 0 atom stereocenters. The molecule has 0 aliphatic carbocycles. The van der Waals surface area contributed by atoms with Crippen molar-refractivity contribution in [2.45, 2.75) is 6.18 Å². The van der Waals surface area contributed by atoms with E-state index in [9.17, 15) is 22.8 Å². The average molecular weight is 388 g/mol. The average Bonchev–Trinajstić information content (AvgIpc) is 3.12. The van der Waals surface area contributed by atoms with Crippen LogP contribution in [0.25, 0.3) is 11.1 Å². The second-order valence-corrected chi connectivity index (χ2v) is 5.83. The number of rotatable bonds is 4. The maximum Gasteiger partial charge on any atom is 0.418 e. The molecule has 0 fully saturated rings. The van der Waals surface area contributed by atoms with E-state index >= 15 is 0 Å². The van der Waals surface area contributed by atoms with E-state index in [1.807, 2.05) is 0 Å². The maximum atomic E-state index is 13.0. The summed E-state index contributed by atoms with van der Waals surface area (Å²) in [6.45, 7) is 0. The number of benzene rings is 2. The van der Waals surface area contributed by atoms with Crippen LogP contribution in [0.4, 0.5) is 29.3 Å². The third kappa shape index (κ3) is 4.14. The molecule has 6 nitrogen and oxygen atoms in total. The summed E-state index contributed by atoms with van der Waals surface area (Å²) in [6, 6.07) is 12.0. The van der Waals surface area contributed by atoms with Crippen LogP contribution >= 0.6 is 0 Å². The fourth-order valence-electron chi connectivity index (χ4n) is 2.67. The minimum absolute atomic E-state index is 0.252. The van der Waals surface area contributed by atoms with Crippen molar-refractivity contribution in [3.8, 4) is 11.1 Å². The standard InChI is InChI=1S/C19H15F3N4O2/c20-19(21,22)14-3-1-2-4-15(14)26-18(28)25-12-7-5-11(6-8-12)13-9-10-24-16(13)17(23)27/h1-10,24H,(H2,23,27)(H2,25,26,28). The van der Waals surface area contributed by atoms with Gasteiger partial charge in [-0.15, -0.1) is 0 Å². The van der Waals surface area contributed by atoms with Gasteiger partial charge in [0.05, 0.1) is 11.3 Å². The first kappa shape index (κ1) is 19.0. The number of alkyl halides is 3. The number of aromatic amines is 1. The maximum absolute atomic E-state index is 13.0. The van der Waals surface area contributed by atoms with Gasteiger partial charge in [0.15, 0.2) is 0 Å². The number of halogens is 3. The van der Waals surface area contributed by atoms with E-state index < -0.39 is 23.7 Å². The van der Waals surface area contributed by atoms with Crippen LogP contribution in [0, 0.1) is 0 Å². The Kier molecular flexibility index (Phi) is 5.08. The first-order chi connectivity index (χ1) is 13.3. The monoisotopic (exact) mass is 388 g/mol. The van der Waals surface area contributed by atoms with E-state index in [-0.39, 0.29) is 11.4 Å². The van der Waals surface area contributed by atoms with Gasteiger partial charge in [0.25, 0.3) is 5.91 Å². The molecular weight excluding hydrogens is 373 g/mol. The minimum atomic E-state index is -4.58. The summed E-state index contributed by atoms with van der Waals surface area (Å²) in [4.78, 5) is 26.2. The second kappa shape index (κ2) is 7.47. The number of primary amides is 1. The Morgan fingerprint density at radius 1 is 0.929 bits per heavy atom. The molecule has 3 rings (SSSR count). The lowest BCUT2D eigenvalue weighted by atomic mass is 10.1. The molecule has 3 aromatic rings. The Balaban J connectivity index is 1.72. The zero-order valence-electron chi connectivity index (χ0n) is 14.3. The van der Waals surface area contributed by atoms with Gasteiger partial charge in [-0.1, -0.05) is 24.3 Å². The number of amides is 3. The van der Waals surface area contributed by atoms with Crippen molar-refractivity contribution in [2.24, 2.45) is 5.73 Å². The molecule has 0 aliphatic heterocycles. The predicted octanol–water partition coefficient (Wildman–Crippen LogP) is 4.44. The Morgan fingerprint density at radius 3 is 2.25 bits per heavy atom. The summed E-state index contributed by atoms with van der Waals surface area (Å²) in [6.07, 6.45) is -3.01. The first-order valence-corrected chi connectivity index (χ1v) is 8.07. The van der Waals surface area contributed by atoms with E-state index in [0.29, 0.717) is 16.8 Å². The molecule has 0 spiro atoms. The summed E-state index contributed by atoms with van der Waals surface area (Å²) >= 11 is 0. The number of aromatic nitrogens is 1. The quantitative estimate of drug-likeness (QED) is 0.531. The van der Waals surface area contributed by atoms with E-state index in [0.717, 1.165) is 6.07 Å². The number of urea groups is 1. The molecule has 0 radical (unpaired) electrons. The van der Waals surface area contributed by atoms with Crippen molar-refractivity contribution in [3.05, 3.63) is 72.1 Å². The van der Waals surface area contributed by atoms with Crippen LogP contribution in [0.1, 0.15) is 16.1 Å². The summed E-state index contributed by atoms with van der Waals surface area (Å²) in [5.74, 6) is -0.607. The van der Waals surface area contributed by atoms with Crippen LogP contribution in [-0.2, 0) is 6.18 Å². The highest BCUT2D eigenvalue weighted by atomic mass is 19.4. The lowest BCUT2D eigenvalue weighted by molar-refractivity contribution is -0.136. The molecule has 2 aromatic carbocycles. The van der Waals surface area contributed by atoms with Crippen LogP contribution in [0.15, 0.2) is 60.8 Å². The molecule has 0 unspecified atom stereocenters. The normalized spacial score (nSPS) is 11.1. The van der Waals surface area contributed by atoms with Gasteiger partial charge < -0.3 is 21.4 Å². The summed E-state index contributed by atoms with van der Waals surface area (Å²) in [5, 5.41) is 4.66. The van der Waals surface area contributed by atoms with Crippen molar-refractivity contribution in [1.82, 2.24) is 4.98 Å². The molecule has 0 saturated heterocycles. The zero-order valence-corrected chi connectivity index (χ0v) is 14.3. The molecule has 0 aliphatic rings. The molecular formula is C19H15F3N4O2. The molecule has 3 amide bonds. The van der Waals surface area contributed by atoms with Crippen LogP contribution in [-0.4, -0.2) is 16.9 Å². The van der Waals surface area contributed by atoms with E-state index in [1.54, 1.807) is 36.5 Å². The van der Waals surface area contributed by atoms with Crippen LogP contribution in [0.3, 0.4) is 0 Å². The van der Waals surface area contributed by atoms with Crippen LogP contribution < -0.4 is 16.4 Å². The fraction of sp³-hybridized carbons (Fsp3) is 0.0526. The molecule has 144 valence electrons. The topological polar surface area (TPSA) is 100 Å². The SMILES string of the molecule is NC(=O)c1[nH]ccc1-c1ccc(NC(=O)Nc2ccccc2C(F)(F)F)cc1. The first-order valence-electron chi connectivity index (χ1n) is 8.07. The Bertz CT molecular complexity index is 1010. The number of hydrogen-bond acceptors (Lipinski definition) is 2. The van der Waals surface area contributed by atoms with E-state index in [2.05, 4.69) is 15.6 Å². The van der Waals surface area contributed by atoms with Crippen molar-refractivity contribution < 1.29 is 22.8 Å². The van der Waals surface area contributed by atoms with Gasteiger partial charge in [-0.3, -0.25) is 4.79 Å². The van der Waals surface area contributed by atoms with E-state index in [1.165, 1.54) is 18.2 Å². The summed E-state index contributed by atoms with van der Waals surface area (Å²) in [7, 11) is 0. The number of carbonyl (C=O) groups excluding carboxylic acids is 2. The van der Waals surface area contributed by atoms with Gasteiger partial charge in [-0.05, 0) is 35.9 Å². The number of carbonyl (C=O) groups is 2. The van der Waals surface area contributed by atoms with Gasteiger partial charge >= 0.3 is 12.2 Å². The van der Waals surface area contributed by atoms with Crippen LogP contribution in [0.5, 0.6) is 0 Å². The summed E-state index contributed by atoms with van der Waals surface area (Å²) < 4.78 is 39.0. The van der Waals surface area contributed by atoms with Crippen molar-refractivity contribution in [1.29, 1.82) is 0 Å². The third-order valence-electron chi connectivity index (χ3n) is 3.93. The highest BCUT2D eigenvalue weighted by molar-refractivity contribution is 6.01. The van der Waals surface area contributed by atoms with Gasteiger partial charge in [0, 0.05) is 17.4 Å². The molecule has 1 heterocycles. The minimum Gasteiger partial charge on any atom is -0.364 e. The van der Waals surface area contributed by atoms with Crippen LogP contribution in [0.2, 0.25) is 0 Å². The zero-order chi connectivity index (χ0) is 20.3. The second-order valence-electron chi connectivity index (χ2n) is 5.83. The molecule has 9 heteroatoms. The number of nitrogens with one attached hydrogen (secondary N) is 3. The Labute approximate surface area is 157 Å². The van der Waals surface area contributed by atoms with Crippen molar-refractivity contribution >= 4 is 23.3 Å². The predicted molar refractivity (Wildman–Crippen MR) is 98.8 cm³/mol. The highest BCUT2D eigenvalue weighted by Crippen LogP contribution is 2.34. The van der Waals surface area contributed by atoms with Gasteiger partial charge in [0.1, 0.15) is 5.69 Å². The Hall–Kier alpha value is -3.75. The van der Waals surface area contributed by atoms with Crippen molar-refractivity contribution in [2.75, 3.05) is 10.6 Å². The van der Waals surface area contributed by atoms with Gasteiger partial charge in [-0.25, -0.2) is 4.79 Å². The third-order valence-corrected chi connectivity index (χ3v) is 3.93. The highest BCUT2D eigenvalue weighted by Gasteiger charge is 2.33. The van der Waals surface area contributed by atoms with Crippen molar-refractivity contribution in [3.63, 3.8) is 0 Å². The summed E-state index contributed by atoms with van der Waals surface area (Å²) in [5.41, 5.74) is 5.91.